The number of nitrogens with two attached hydrogens (primary N) is 1. The normalized spacial score (nSPS) is 45.0. The van der Waals surface area contributed by atoms with Crippen molar-refractivity contribution in [3.05, 3.63) is 0 Å². The van der Waals surface area contributed by atoms with Crippen LogP contribution in [0.5, 0.6) is 0 Å². The van der Waals surface area contributed by atoms with Gasteiger partial charge in [0, 0.05) is 12.0 Å². The van der Waals surface area contributed by atoms with Crippen LogP contribution in [0.4, 0.5) is 0 Å². The molecule has 64 valence electrons. The predicted octanol–water partition coefficient (Wildman–Crippen LogP) is 0.487. The van der Waals surface area contributed by atoms with Gasteiger partial charge in [-0.25, -0.2) is 0 Å². The van der Waals surface area contributed by atoms with E-state index in [1.54, 1.807) is 0 Å². The van der Waals surface area contributed by atoms with Crippen molar-refractivity contribution in [3.8, 4) is 0 Å². The zero-order valence-corrected chi connectivity index (χ0v) is 6.66. The van der Waals surface area contributed by atoms with Gasteiger partial charge in [-0.05, 0) is 19.3 Å². The fraction of sp³-hybridized carbons (Fsp3) is 1.00. The summed E-state index contributed by atoms with van der Waals surface area (Å²) in [7, 11) is 0. The summed E-state index contributed by atoms with van der Waals surface area (Å²) in [6, 6.07) is 0.300. The van der Waals surface area contributed by atoms with Gasteiger partial charge in [0.25, 0.3) is 0 Å². The number of ether oxygens (including phenoxy) is 2. The summed E-state index contributed by atoms with van der Waals surface area (Å²) in [4.78, 5) is 0. The van der Waals surface area contributed by atoms with E-state index in [-0.39, 0.29) is 0 Å². The summed E-state index contributed by atoms with van der Waals surface area (Å²) in [5.74, 6) is 0.456. The SMILES string of the molecule is NC1CCCC2OCOCC12. The lowest BCUT2D eigenvalue weighted by Crippen LogP contribution is -2.48. The summed E-state index contributed by atoms with van der Waals surface area (Å²) < 4.78 is 10.7. The van der Waals surface area contributed by atoms with Crippen molar-refractivity contribution in [1.29, 1.82) is 0 Å². The Labute approximate surface area is 66.8 Å². The molecule has 1 saturated heterocycles. The van der Waals surface area contributed by atoms with E-state index in [2.05, 4.69) is 0 Å². The molecule has 11 heavy (non-hydrogen) atoms. The maximum atomic E-state index is 5.93. The standard InChI is InChI=1S/C8H15NO2/c9-7-2-1-3-8-6(7)4-10-5-11-8/h6-8H,1-5,9H2. The van der Waals surface area contributed by atoms with Crippen molar-refractivity contribution >= 4 is 0 Å². The van der Waals surface area contributed by atoms with Gasteiger partial charge in [0.15, 0.2) is 0 Å². The zero-order chi connectivity index (χ0) is 7.68. The average Bonchev–Trinajstić information content (AvgIpc) is 2.06. The Morgan fingerprint density at radius 2 is 2.18 bits per heavy atom. The number of rotatable bonds is 0. The third-order valence-corrected chi connectivity index (χ3v) is 2.73. The average molecular weight is 157 g/mol. The molecule has 3 heteroatoms. The van der Waals surface area contributed by atoms with Crippen LogP contribution in [0.1, 0.15) is 19.3 Å². The molecule has 2 rings (SSSR count). The molecule has 0 bridgehead atoms. The summed E-state index contributed by atoms with van der Waals surface area (Å²) in [6.07, 6.45) is 3.89. The first kappa shape index (κ1) is 7.53. The van der Waals surface area contributed by atoms with Crippen LogP contribution in [-0.2, 0) is 9.47 Å². The molecule has 1 aliphatic carbocycles. The van der Waals surface area contributed by atoms with Gasteiger partial charge in [-0.2, -0.15) is 0 Å². The molecule has 2 aliphatic rings. The second kappa shape index (κ2) is 3.09. The molecule has 2 fully saturated rings. The Morgan fingerprint density at radius 3 is 3.00 bits per heavy atom. The van der Waals surface area contributed by atoms with Gasteiger partial charge in [0.1, 0.15) is 6.79 Å². The van der Waals surface area contributed by atoms with Crippen LogP contribution < -0.4 is 5.73 Å². The fourth-order valence-corrected chi connectivity index (χ4v) is 2.02. The Hall–Kier alpha value is -0.120. The van der Waals surface area contributed by atoms with Gasteiger partial charge in [-0.1, -0.05) is 0 Å². The monoisotopic (exact) mass is 157 g/mol. The van der Waals surface area contributed by atoms with Gasteiger partial charge in [-0.3, -0.25) is 0 Å². The minimum atomic E-state index is 0.300. The maximum absolute atomic E-state index is 5.93. The van der Waals surface area contributed by atoms with Crippen LogP contribution >= 0.6 is 0 Å². The Morgan fingerprint density at radius 1 is 1.27 bits per heavy atom. The van der Waals surface area contributed by atoms with Crippen molar-refractivity contribution in [3.63, 3.8) is 0 Å². The van der Waals surface area contributed by atoms with Gasteiger partial charge in [0.2, 0.25) is 0 Å². The molecular formula is C8H15NO2. The second-order valence-corrected chi connectivity index (χ2v) is 3.45. The minimum absolute atomic E-state index is 0.300. The first-order valence-electron chi connectivity index (χ1n) is 4.33. The first-order valence-corrected chi connectivity index (χ1v) is 4.33. The van der Waals surface area contributed by atoms with E-state index in [1.807, 2.05) is 0 Å². The summed E-state index contributed by atoms with van der Waals surface area (Å²) in [5.41, 5.74) is 5.93. The molecule has 0 spiro atoms. The van der Waals surface area contributed by atoms with Crippen molar-refractivity contribution in [1.82, 2.24) is 0 Å². The van der Waals surface area contributed by atoms with Crippen molar-refractivity contribution < 1.29 is 9.47 Å². The van der Waals surface area contributed by atoms with Crippen LogP contribution in [0.2, 0.25) is 0 Å². The van der Waals surface area contributed by atoms with Gasteiger partial charge >= 0.3 is 0 Å². The van der Waals surface area contributed by atoms with Gasteiger partial charge < -0.3 is 15.2 Å². The smallest absolute Gasteiger partial charge is 0.147 e. The largest absolute Gasteiger partial charge is 0.355 e. The third-order valence-electron chi connectivity index (χ3n) is 2.73. The highest BCUT2D eigenvalue weighted by molar-refractivity contribution is 4.86. The van der Waals surface area contributed by atoms with Crippen molar-refractivity contribution in [2.24, 2.45) is 11.7 Å². The zero-order valence-electron chi connectivity index (χ0n) is 6.66. The highest BCUT2D eigenvalue weighted by atomic mass is 16.7. The van der Waals surface area contributed by atoms with Gasteiger partial charge in [-0.15, -0.1) is 0 Å². The lowest BCUT2D eigenvalue weighted by atomic mass is 9.83. The van der Waals surface area contributed by atoms with Crippen LogP contribution in [0.15, 0.2) is 0 Å². The molecule has 2 N–H and O–H groups in total. The predicted molar refractivity (Wildman–Crippen MR) is 41.0 cm³/mol. The molecule has 0 amide bonds. The molecule has 3 unspecified atom stereocenters. The molecule has 0 radical (unpaired) electrons. The van der Waals surface area contributed by atoms with E-state index >= 15 is 0 Å². The number of hydrogen-bond acceptors (Lipinski definition) is 3. The first-order chi connectivity index (χ1) is 5.38. The summed E-state index contributed by atoms with van der Waals surface area (Å²) in [5, 5.41) is 0. The molecule has 1 aliphatic heterocycles. The Kier molecular flexibility index (Phi) is 2.11. The summed E-state index contributed by atoms with van der Waals surface area (Å²) in [6.45, 7) is 1.26. The summed E-state index contributed by atoms with van der Waals surface area (Å²) >= 11 is 0. The van der Waals surface area contributed by atoms with E-state index < -0.39 is 0 Å². The van der Waals surface area contributed by atoms with Crippen LogP contribution in [0, 0.1) is 5.92 Å². The van der Waals surface area contributed by atoms with Gasteiger partial charge in [0.05, 0.1) is 12.7 Å². The minimum Gasteiger partial charge on any atom is -0.355 e. The molecule has 1 saturated carbocycles. The number of fused-ring (bicyclic) bond motifs is 1. The molecule has 3 atom stereocenters. The van der Waals surface area contributed by atoms with Crippen LogP contribution in [0.25, 0.3) is 0 Å². The molecule has 0 aromatic heterocycles. The highest BCUT2D eigenvalue weighted by Crippen LogP contribution is 2.28. The van der Waals surface area contributed by atoms with Crippen LogP contribution in [-0.4, -0.2) is 25.5 Å². The molecule has 3 nitrogen and oxygen atoms in total. The van der Waals surface area contributed by atoms with Crippen LogP contribution in [0.3, 0.4) is 0 Å². The molecule has 0 aromatic rings. The Bertz CT molecular complexity index is 138. The van der Waals surface area contributed by atoms with Crippen molar-refractivity contribution in [2.45, 2.75) is 31.4 Å². The quantitative estimate of drug-likeness (QED) is 0.556. The van der Waals surface area contributed by atoms with E-state index in [1.165, 1.54) is 12.8 Å². The van der Waals surface area contributed by atoms with E-state index in [9.17, 15) is 0 Å². The van der Waals surface area contributed by atoms with E-state index in [0.29, 0.717) is 24.9 Å². The molecule has 0 aromatic carbocycles. The lowest BCUT2D eigenvalue weighted by Gasteiger charge is -2.38. The highest BCUT2D eigenvalue weighted by Gasteiger charge is 2.34. The second-order valence-electron chi connectivity index (χ2n) is 3.45. The third kappa shape index (κ3) is 1.41. The lowest BCUT2D eigenvalue weighted by molar-refractivity contribution is -0.183. The van der Waals surface area contributed by atoms with Crippen molar-refractivity contribution in [2.75, 3.05) is 13.4 Å². The van der Waals surface area contributed by atoms with E-state index in [4.69, 9.17) is 15.2 Å². The fourth-order valence-electron chi connectivity index (χ4n) is 2.02. The molecule has 1 heterocycles. The topological polar surface area (TPSA) is 44.5 Å². The maximum Gasteiger partial charge on any atom is 0.147 e. The molecular weight excluding hydrogens is 142 g/mol. The Balaban J connectivity index is 1.99. The van der Waals surface area contributed by atoms with E-state index in [0.717, 1.165) is 13.0 Å². The number of hydrogen-bond donors (Lipinski definition) is 1.